The number of nitrogens with one attached hydrogen (secondary N) is 1. The highest BCUT2D eigenvalue weighted by Gasteiger charge is 2.16. The number of amides is 1. The summed E-state index contributed by atoms with van der Waals surface area (Å²) >= 11 is 0. The first kappa shape index (κ1) is 19.5. The lowest BCUT2D eigenvalue weighted by molar-refractivity contribution is 0.0950. The molecule has 1 N–H and O–H groups in total. The zero-order valence-electron chi connectivity index (χ0n) is 15.9. The summed E-state index contributed by atoms with van der Waals surface area (Å²) in [5.41, 5.74) is 2.13. The number of fused-ring (bicyclic) bond motifs is 1. The Bertz CT molecular complexity index is 1200. The maximum Gasteiger partial charge on any atom is 0.251 e. The molecule has 4 rings (SSSR count). The smallest absolute Gasteiger partial charge is 0.251 e. The van der Waals surface area contributed by atoms with E-state index in [-0.39, 0.29) is 24.6 Å². The van der Waals surface area contributed by atoms with Crippen LogP contribution < -0.4 is 10.1 Å². The second kappa shape index (κ2) is 8.69. The predicted molar refractivity (Wildman–Crippen MR) is 110 cm³/mol. The summed E-state index contributed by atoms with van der Waals surface area (Å²) in [6, 6.07) is 20.3. The van der Waals surface area contributed by atoms with Crippen molar-refractivity contribution in [2.45, 2.75) is 13.2 Å². The molecule has 0 bridgehead atoms. The largest absolute Gasteiger partial charge is 0.483 e. The fourth-order valence-electron chi connectivity index (χ4n) is 3.07. The van der Waals surface area contributed by atoms with Crippen LogP contribution in [-0.2, 0) is 13.2 Å². The topological polar surface area (TPSA) is 51.2 Å². The average molecular weight is 404 g/mol. The van der Waals surface area contributed by atoms with Crippen LogP contribution in [0.15, 0.2) is 79.0 Å². The van der Waals surface area contributed by atoms with Gasteiger partial charge in [-0.25, -0.2) is 8.78 Å². The number of carbonyl (C=O) groups excluding carboxylic acids is 1. The Morgan fingerprint density at radius 2 is 1.80 bits per heavy atom. The summed E-state index contributed by atoms with van der Waals surface area (Å²) in [6.07, 6.45) is 1.68. The van der Waals surface area contributed by atoms with Crippen LogP contribution in [0.2, 0.25) is 0 Å². The molecule has 1 amide bonds. The van der Waals surface area contributed by atoms with E-state index in [1.54, 1.807) is 42.6 Å². The van der Waals surface area contributed by atoms with E-state index < -0.39 is 17.4 Å². The van der Waals surface area contributed by atoms with Gasteiger partial charge in [-0.15, -0.1) is 0 Å². The lowest BCUT2D eigenvalue weighted by Gasteiger charge is -2.12. The third-order valence-electron chi connectivity index (χ3n) is 4.66. The predicted octanol–water partition coefficient (Wildman–Crippen LogP) is 5.02. The molecule has 30 heavy (non-hydrogen) atoms. The number of halogens is 2. The Morgan fingerprint density at radius 1 is 0.967 bits per heavy atom. The normalized spacial score (nSPS) is 10.7. The lowest BCUT2D eigenvalue weighted by Crippen LogP contribution is -2.23. The molecule has 0 unspecified atom stereocenters. The summed E-state index contributed by atoms with van der Waals surface area (Å²) in [7, 11) is 0. The van der Waals surface area contributed by atoms with Gasteiger partial charge in [-0.3, -0.25) is 9.78 Å². The molecule has 3 aromatic carbocycles. The van der Waals surface area contributed by atoms with Crippen LogP contribution in [0.1, 0.15) is 21.5 Å². The van der Waals surface area contributed by atoms with E-state index in [0.29, 0.717) is 5.56 Å². The Balaban J connectivity index is 1.46. The third kappa shape index (κ3) is 4.27. The van der Waals surface area contributed by atoms with Gasteiger partial charge < -0.3 is 10.1 Å². The minimum atomic E-state index is -0.825. The van der Waals surface area contributed by atoms with E-state index in [2.05, 4.69) is 10.3 Å². The molecule has 0 radical (unpaired) electrons. The zero-order valence-corrected chi connectivity index (χ0v) is 15.9. The van der Waals surface area contributed by atoms with Gasteiger partial charge in [-0.1, -0.05) is 42.5 Å². The van der Waals surface area contributed by atoms with E-state index in [0.717, 1.165) is 22.5 Å². The minimum absolute atomic E-state index is 0.0373. The number of carbonyl (C=O) groups is 1. The molecule has 0 aliphatic rings. The first-order valence-electron chi connectivity index (χ1n) is 9.38. The maximum absolute atomic E-state index is 14.8. The van der Waals surface area contributed by atoms with Crippen LogP contribution >= 0.6 is 0 Å². The Kier molecular flexibility index (Phi) is 5.66. The van der Waals surface area contributed by atoms with E-state index in [4.69, 9.17) is 4.74 Å². The third-order valence-corrected chi connectivity index (χ3v) is 4.66. The number of hydrogen-bond acceptors (Lipinski definition) is 3. The maximum atomic E-state index is 14.8. The number of benzene rings is 3. The van der Waals surface area contributed by atoms with Gasteiger partial charge in [0.15, 0.2) is 17.4 Å². The fraction of sp³-hybridized carbons (Fsp3) is 0.0833. The summed E-state index contributed by atoms with van der Waals surface area (Å²) in [5, 5.41) is 3.49. The van der Waals surface area contributed by atoms with E-state index >= 15 is 0 Å². The van der Waals surface area contributed by atoms with Crippen molar-refractivity contribution in [3.63, 3.8) is 0 Å². The molecule has 1 aromatic heterocycles. The number of hydrogen-bond donors (Lipinski definition) is 1. The van der Waals surface area contributed by atoms with E-state index in [9.17, 15) is 13.6 Å². The number of rotatable bonds is 6. The number of nitrogens with zero attached hydrogens (tertiary/aromatic N) is 1. The highest BCUT2D eigenvalue weighted by Crippen LogP contribution is 2.26. The van der Waals surface area contributed by atoms with Gasteiger partial charge >= 0.3 is 0 Å². The van der Waals surface area contributed by atoms with Crippen molar-refractivity contribution < 1.29 is 18.3 Å². The molecule has 0 saturated carbocycles. The van der Waals surface area contributed by atoms with Crippen molar-refractivity contribution >= 4 is 16.8 Å². The zero-order chi connectivity index (χ0) is 20.9. The van der Waals surface area contributed by atoms with Gasteiger partial charge in [0.05, 0.1) is 5.52 Å². The van der Waals surface area contributed by atoms with Crippen LogP contribution in [0, 0.1) is 11.6 Å². The second-order valence-electron chi connectivity index (χ2n) is 6.72. The summed E-state index contributed by atoms with van der Waals surface area (Å²) in [5.74, 6) is -2.44. The highest BCUT2D eigenvalue weighted by molar-refractivity contribution is 5.97. The molecule has 150 valence electrons. The lowest BCUT2D eigenvalue weighted by atomic mass is 10.1. The van der Waals surface area contributed by atoms with Crippen LogP contribution in [0.25, 0.3) is 10.9 Å². The standard InChI is InChI=1S/C24H18F2N2O2/c25-20-10-8-19(22(26)23(20)30-15-16-5-2-1-3-6-16)14-28-24(29)18-9-11-21-17(13-18)7-4-12-27-21/h1-13H,14-15H2,(H,28,29). The molecule has 0 spiro atoms. The molecule has 4 aromatic rings. The average Bonchev–Trinajstić information content (AvgIpc) is 2.78. The molecule has 0 aliphatic carbocycles. The van der Waals surface area contributed by atoms with Gasteiger partial charge in [0, 0.05) is 29.3 Å². The van der Waals surface area contributed by atoms with Gasteiger partial charge in [-0.05, 0) is 35.9 Å². The highest BCUT2D eigenvalue weighted by atomic mass is 19.1. The van der Waals surface area contributed by atoms with Crippen molar-refractivity contribution in [3.05, 3.63) is 107 Å². The minimum Gasteiger partial charge on any atom is -0.483 e. The second-order valence-corrected chi connectivity index (χ2v) is 6.72. The van der Waals surface area contributed by atoms with Crippen molar-refractivity contribution in [2.24, 2.45) is 0 Å². The molecule has 0 saturated heterocycles. The molecule has 4 nitrogen and oxygen atoms in total. The molecular formula is C24H18F2N2O2. The monoisotopic (exact) mass is 404 g/mol. The molecule has 0 atom stereocenters. The van der Waals surface area contributed by atoms with Crippen molar-refractivity contribution in [1.82, 2.24) is 10.3 Å². The molecule has 6 heteroatoms. The van der Waals surface area contributed by atoms with Crippen molar-refractivity contribution in [2.75, 3.05) is 0 Å². The van der Waals surface area contributed by atoms with Crippen LogP contribution in [0.3, 0.4) is 0 Å². The van der Waals surface area contributed by atoms with Crippen LogP contribution in [-0.4, -0.2) is 10.9 Å². The SMILES string of the molecule is O=C(NCc1ccc(F)c(OCc2ccccc2)c1F)c1ccc2ncccc2c1. The Labute approximate surface area is 172 Å². The Hall–Kier alpha value is -3.80. The number of aromatic nitrogens is 1. The van der Waals surface area contributed by atoms with Crippen LogP contribution in [0.5, 0.6) is 5.75 Å². The fourth-order valence-corrected chi connectivity index (χ4v) is 3.07. The first-order valence-corrected chi connectivity index (χ1v) is 9.38. The summed E-state index contributed by atoms with van der Waals surface area (Å²) in [4.78, 5) is 16.7. The quantitative estimate of drug-likeness (QED) is 0.491. The Morgan fingerprint density at radius 3 is 2.63 bits per heavy atom. The van der Waals surface area contributed by atoms with Crippen molar-refractivity contribution in [3.8, 4) is 5.75 Å². The van der Waals surface area contributed by atoms with Gasteiger partial charge in [0.1, 0.15) is 6.61 Å². The molecule has 0 fully saturated rings. The van der Waals surface area contributed by atoms with Crippen molar-refractivity contribution in [1.29, 1.82) is 0 Å². The van der Waals surface area contributed by atoms with Gasteiger partial charge in [-0.2, -0.15) is 0 Å². The summed E-state index contributed by atoms with van der Waals surface area (Å²) < 4.78 is 34.2. The first-order chi connectivity index (χ1) is 14.6. The summed E-state index contributed by atoms with van der Waals surface area (Å²) in [6.45, 7) is -0.0622. The van der Waals surface area contributed by atoms with Gasteiger partial charge in [0.2, 0.25) is 0 Å². The van der Waals surface area contributed by atoms with E-state index in [1.165, 1.54) is 6.07 Å². The van der Waals surface area contributed by atoms with Gasteiger partial charge in [0.25, 0.3) is 5.91 Å². The van der Waals surface area contributed by atoms with E-state index in [1.807, 2.05) is 24.3 Å². The molecule has 1 heterocycles. The number of ether oxygens (including phenoxy) is 1. The number of pyridine rings is 1. The molecular weight excluding hydrogens is 386 g/mol. The van der Waals surface area contributed by atoms with Crippen LogP contribution in [0.4, 0.5) is 8.78 Å². The molecule has 0 aliphatic heterocycles.